The molecule has 2 aromatic carbocycles. The number of thioether (sulfide) groups is 1. The summed E-state index contributed by atoms with van der Waals surface area (Å²) in [5, 5.41) is 0. The summed E-state index contributed by atoms with van der Waals surface area (Å²) in [6.45, 7) is 4.05. The van der Waals surface area contributed by atoms with Gasteiger partial charge < -0.3 is 14.4 Å². The van der Waals surface area contributed by atoms with Crippen molar-refractivity contribution in [2.24, 2.45) is 5.92 Å². The Morgan fingerprint density at radius 3 is 2.51 bits per heavy atom. The molecule has 186 valence electrons. The van der Waals surface area contributed by atoms with E-state index in [1.165, 1.54) is 35.4 Å². The van der Waals surface area contributed by atoms with Crippen LogP contribution >= 0.6 is 11.8 Å². The first-order valence-corrected chi connectivity index (χ1v) is 12.4. The van der Waals surface area contributed by atoms with Gasteiger partial charge in [0.15, 0.2) is 0 Å². The maximum absolute atomic E-state index is 13.3. The Hall–Kier alpha value is -2.72. The number of hydrogen-bond donors (Lipinski definition) is 0. The second-order valence-corrected chi connectivity index (χ2v) is 10.1. The number of piperazine rings is 1. The number of hydrogen-bond acceptors (Lipinski definition) is 6. The molecule has 35 heavy (non-hydrogen) atoms. The number of cyclic esters (lactones) is 1. The van der Waals surface area contributed by atoms with Crippen LogP contribution in [0.2, 0.25) is 0 Å². The van der Waals surface area contributed by atoms with E-state index in [9.17, 15) is 22.8 Å². The number of carbonyl (C=O) groups excluding carboxylic acids is 2. The third kappa shape index (κ3) is 5.59. The molecule has 2 aromatic rings. The van der Waals surface area contributed by atoms with Crippen LogP contribution in [0.5, 0.6) is 5.75 Å². The summed E-state index contributed by atoms with van der Waals surface area (Å²) < 4.78 is 48.8. The molecule has 2 fully saturated rings. The first-order valence-electron chi connectivity index (χ1n) is 11.6. The van der Waals surface area contributed by atoms with Crippen molar-refractivity contribution in [3.63, 3.8) is 0 Å². The van der Waals surface area contributed by atoms with Crippen molar-refractivity contribution in [1.82, 2.24) is 9.80 Å². The number of halogens is 3. The van der Waals surface area contributed by atoms with Gasteiger partial charge in [-0.05, 0) is 46.7 Å². The Labute approximate surface area is 205 Å². The predicted molar refractivity (Wildman–Crippen MR) is 123 cm³/mol. The van der Waals surface area contributed by atoms with E-state index in [0.717, 1.165) is 38.4 Å². The minimum absolute atomic E-state index is 0.0278. The number of rotatable bonds is 5. The molecule has 3 aliphatic heterocycles. The molecule has 0 aliphatic carbocycles. The van der Waals surface area contributed by atoms with Gasteiger partial charge in [-0.2, -0.15) is 13.2 Å². The molecule has 1 amide bonds. The zero-order valence-corrected chi connectivity index (χ0v) is 19.7. The number of ether oxygens (including phenoxy) is 2. The molecule has 6 nitrogen and oxygen atoms in total. The molecule has 3 aliphatic rings. The van der Waals surface area contributed by atoms with Gasteiger partial charge >= 0.3 is 11.5 Å². The number of nitrogens with zero attached hydrogens (tertiary/aromatic N) is 2. The van der Waals surface area contributed by atoms with Crippen molar-refractivity contribution in [3.05, 3.63) is 59.2 Å². The lowest BCUT2D eigenvalue weighted by Crippen LogP contribution is -2.50. The van der Waals surface area contributed by atoms with Crippen molar-refractivity contribution in [3.8, 4) is 5.75 Å². The van der Waals surface area contributed by atoms with Crippen LogP contribution in [-0.2, 0) is 27.3 Å². The fourth-order valence-corrected chi connectivity index (χ4v) is 5.43. The maximum Gasteiger partial charge on any atom is 0.446 e. The van der Waals surface area contributed by atoms with Gasteiger partial charge in [-0.25, -0.2) is 0 Å². The van der Waals surface area contributed by atoms with Crippen molar-refractivity contribution in [2.45, 2.75) is 35.9 Å². The van der Waals surface area contributed by atoms with Crippen molar-refractivity contribution in [2.75, 3.05) is 32.8 Å². The Morgan fingerprint density at radius 2 is 1.80 bits per heavy atom. The monoisotopic (exact) mass is 506 g/mol. The van der Waals surface area contributed by atoms with Gasteiger partial charge in [0.25, 0.3) is 0 Å². The molecule has 10 heteroatoms. The van der Waals surface area contributed by atoms with Crippen LogP contribution in [0.4, 0.5) is 13.2 Å². The van der Waals surface area contributed by atoms with Crippen LogP contribution in [0.15, 0.2) is 47.4 Å². The fraction of sp³-hybridized carbons (Fsp3) is 0.440. The lowest BCUT2D eigenvalue weighted by atomic mass is 9.93. The third-order valence-corrected chi connectivity index (χ3v) is 7.35. The second-order valence-electron chi connectivity index (χ2n) is 8.98. The second kappa shape index (κ2) is 9.73. The highest BCUT2D eigenvalue weighted by atomic mass is 32.2. The molecule has 0 N–H and O–H groups in total. The summed E-state index contributed by atoms with van der Waals surface area (Å²) in [7, 11) is 0. The summed E-state index contributed by atoms with van der Waals surface area (Å²) >= 11 is -0.205. The molecule has 0 spiro atoms. The molecule has 0 bridgehead atoms. The van der Waals surface area contributed by atoms with Crippen LogP contribution < -0.4 is 4.74 Å². The van der Waals surface area contributed by atoms with E-state index >= 15 is 0 Å². The zero-order chi connectivity index (χ0) is 24.6. The maximum atomic E-state index is 13.3. The van der Waals surface area contributed by atoms with Gasteiger partial charge in [-0.1, -0.05) is 24.3 Å². The highest BCUT2D eigenvalue weighted by Crippen LogP contribution is 2.40. The number of carbonyl (C=O) groups is 2. The number of alkyl halides is 3. The van der Waals surface area contributed by atoms with Crippen LogP contribution in [0.3, 0.4) is 0 Å². The Morgan fingerprint density at radius 1 is 1.06 bits per heavy atom. The molecule has 0 aromatic heterocycles. The average Bonchev–Trinajstić information content (AvgIpc) is 3.45. The van der Waals surface area contributed by atoms with Crippen molar-refractivity contribution >= 4 is 23.6 Å². The van der Waals surface area contributed by atoms with E-state index < -0.39 is 23.5 Å². The molecular formula is C25H25F3N2O4S. The van der Waals surface area contributed by atoms with Crippen LogP contribution in [-0.4, -0.2) is 60.0 Å². The lowest BCUT2D eigenvalue weighted by Gasteiger charge is -2.36. The topological polar surface area (TPSA) is 59.1 Å². The van der Waals surface area contributed by atoms with E-state index in [-0.39, 0.29) is 29.0 Å². The van der Waals surface area contributed by atoms with Gasteiger partial charge in [-0.3, -0.25) is 14.5 Å². The average molecular weight is 507 g/mol. The van der Waals surface area contributed by atoms with Crippen LogP contribution in [0.25, 0.3) is 0 Å². The molecule has 0 saturated carbocycles. The predicted octanol–water partition coefficient (Wildman–Crippen LogP) is 4.18. The number of benzene rings is 2. The molecule has 2 atom stereocenters. The lowest BCUT2D eigenvalue weighted by molar-refractivity contribution is -0.142. The summed E-state index contributed by atoms with van der Waals surface area (Å²) in [6.07, 6.45) is 0.116. The quantitative estimate of drug-likeness (QED) is 0.448. The smallest absolute Gasteiger partial charge is 0.446 e. The SMILES string of the molecule is O=C1C[C@H](C(=O)N2CCN(Cc3ccc4c(c3)CCO4)CC2)[C@@H](c2ccc(SC(F)(F)F)cc2)O1. The Kier molecular flexibility index (Phi) is 6.67. The first-order chi connectivity index (χ1) is 16.7. The van der Waals surface area contributed by atoms with Crippen molar-refractivity contribution in [1.29, 1.82) is 0 Å². The first kappa shape index (κ1) is 24.0. The van der Waals surface area contributed by atoms with Gasteiger partial charge in [0.05, 0.1) is 18.9 Å². The number of amides is 1. The molecule has 2 saturated heterocycles. The summed E-state index contributed by atoms with van der Waals surface area (Å²) in [5.41, 5.74) is -1.40. The number of fused-ring (bicyclic) bond motifs is 1. The number of esters is 1. The summed E-state index contributed by atoms with van der Waals surface area (Å²) in [4.78, 5) is 29.4. The largest absolute Gasteiger partial charge is 0.493 e. The summed E-state index contributed by atoms with van der Waals surface area (Å²) in [6, 6.07) is 11.9. The van der Waals surface area contributed by atoms with Crippen LogP contribution in [0.1, 0.15) is 29.2 Å². The van der Waals surface area contributed by atoms with Gasteiger partial charge in [-0.15, -0.1) is 0 Å². The van der Waals surface area contributed by atoms with Crippen molar-refractivity contribution < 1.29 is 32.2 Å². The molecular weight excluding hydrogens is 481 g/mol. The minimum atomic E-state index is -4.38. The molecule has 3 heterocycles. The van der Waals surface area contributed by atoms with Gasteiger partial charge in [0, 0.05) is 44.0 Å². The zero-order valence-electron chi connectivity index (χ0n) is 18.9. The molecule has 0 unspecified atom stereocenters. The molecule has 0 radical (unpaired) electrons. The highest BCUT2D eigenvalue weighted by molar-refractivity contribution is 8.00. The normalized spacial score (nSPS) is 22.6. The van der Waals surface area contributed by atoms with E-state index in [1.54, 1.807) is 4.90 Å². The fourth-order valence-electron chi connectivity index (χ4n) is 4.89. The van der Waals surface area contributed by atoms with E-state index in [0.29, 0.717) is 18.7 Å². The third-order valence-electron chi connectivity index (χ3n) is 6.61. The van der Waals surface area contributed by atoms with E-state index in [2.05, 4.69) is 17.0 Å². The standard InChI is InChI=1S/C25H25F3N2O4S/c26-25(27,28)35-19-4-2-17(3-5-19)23-20(14-22(31)34-23)24(32)30-10-8-29(9-11-30)15-16-1-6-21-18(13-16)7-12-33-21/h1-6,13,20,23H,7-12,14-15H2/t20-,23+/m0/s1. The van der Waals surface area contributed by atoms with Gasteiger partial charge in [0.1, 0.15) is 11.9 Å². The van der Waals surface area contributed by atoms with E-state index in [1.807, 2.05) is 6.07 Å². The highest BCUT2D eigenvalue weighted by Gasteiger charge is 2.43. The van der Waals surface area contributed by atoms with E-state index in [4.69, 9.17) is 9.47 Å². The van der Waals surface area contributed by atoms with Gasteiger partial charge in [0.2, 0.25) is 5.91 Å². The Bertz CT molecular complexity index is 1100. The molecule has 5 rings (SSSR count). The summed E-state index contributed by atoms with van der Waals surface area (Å²) in [5.74, 6) is -0.335. The minimum Gasteiger partial charge on any atom is -0.493 e. The Balaban J connectivity index is 1.19. The van der Waals surface area contributed by atoms with Crippen LogP contribution in [0, 0.1) is 5.92 Å².